The van der Waals surface area contributed by atoms with E-state index in [0.717, 1.165) is 18.4 Å². The Morgan fingerprint density at radius 3 is 2.17 bits per heavy atom. The number of carbonyl (C=O) groups is 5. The predicted molar refractivity (Wildman–Crippen MR) is 154 cm³/mol. The fourth-order valence-electron chi connectivity index (χ4n) is 8.84. The summed E-state index contributed by atoms with van der Waals surface area (Å²) in [5.74, 6) is -2.97. The standard InChI is InChI=1S/C35H42O5/c1-21(2)12-11-13-22(3)16-17-33-19-24-18-25-31(4,5)26(36)20-34(25,28(33)38)30(40)35(29(33)39,32(24,6)7)27(37)23-14-9-8-10-15-23/h8-10,12,14-16,24-25H,11,13,17-20H2,1-7H3/t24-,25+,33-,34+,35-/m1/s1. The number of Topliss-reactive ketones (excluding diaryl/α,β-unsaturated/α-hetero) is 5. The van der Waals surface area contributed by atoms with E-state index in [1.54, 1.807) is 30.3 Å². The van der Waals surface area contributed by atoms with Gasteiger partial charge in [0.25, 0.3) is 0 Å². The normalized spacial score (nSPS) is 35.5. The van der Waals surface area contributed by atoms with Crippen molar-refractivity contribution in [3.05, 3.63) is 59.2 Å². The molecule has 6 rings (SSSR count). The van der Waals surface area contributed by atoms with Gasteiger partial charge in [-0.05, 0) is 70.1 Å². The van der Waals surface area contributed by atoms with E-state index in [1.807, 2.05) is 40.7 Å². The van der Waals surface area contributed by atoms with Crippen molar-refractivity contribution in [1.29, 1.82) is 0 Å². The summed E-state index contributed by atoms with van der Waals surface area (Å²) >= 11 is 0. The second kappa shape index (κ2) is 9.03. The minimum Gasteiger partial charge on any atom is -0.299 e. The molecule has 40 heavy (non-hydrogen) atoms. The second-order valence-corrected chi connectivity index (χ2v) is 14.3. The molecule has 0 saturated heterocycles. The molecule has 4 bridgehead atoms. The summed E-state index contributed by atoms with van der Waals surface area (Å²) in [5, 5.41) is 0. The third-order valence-corrected chi connectivity index (χ3v) is 11.4. The van der Waals surface area contributed by atoms with Crippen LogP contribution in [0.1, 0.15) is 97.3 Å². The molecule has 1 aromatic carbocycles. The second-order valence-electron chi connectivity index (χ2n) is 14.3. The average molecular weight is 543 g/mol. The van der Waals surface area contributed by atoms with E-state index >= 15 is 4.79 Å². The molecule has 0 N–H and O–H groups in total. The van der Waals surface area contributed by atoms with Crippen LogP contribution >= 0.6 is 0 Å². The molecule has 1 spiro atoms. The molecule has 5 atom stereocenters. The minimum atomic E-state index is -2.01. The van der Waals surface area contributed by atoms with Gasteiger partial charge in [-0.25, -0.2) is 0 Å². The maximum absolute atomic E-state index is 15.1. The molecule has 0 aromatic heterocycles. The molecule has 5 nitrogen and oxygen atoms in total. The first-order valence-electron chi connectivity index (χ1n) is 14.7. The number of hydrogen-bond donors (Lipinski definition) is 0. The van der Waals surface area contributed by atoms with Gasteiger partial charge < -0.3 is 0 Å². The van der Waals surface area contributed by atoms with Crippen LogP contribution in [-0.2, 0) is 19.2 Å². The number of ketones is 5. The van der Waals surface area contributed by atoms with Gasteiger partial charge in [0.05, 0.1) is 5.41 Å². The van der Waals surface area contributed by atoms with Gasteiger partial charge in [-0.1, -0.05) is 81.3 Å². The molecule has 5 saturated carbocycles. The van der Waals surface area contributed by atoms with Gasteiger partial charge in [0, 0.05) is 17.4 Å². The Morgan fingerprint density at radius 1 is 0.900 bits per heavy atom. The average Bonchev–Trinajstić information content (AvgIpc) is 3.00. The molecule has 0 aliphatic heterocycles. The minimum absolute atomic E-state index is 0.127. The molecular formula is C35H42O5. The van der Waals surface area contributed by atoms with Gasteiger partial charge in [-0.2, -0.15) is 0 Å². The Bertz CT molecular complexity index is 1390. The SMILES string of the molecule is CC(C)=CCCC(C)=CC[C@@]12C[C@H]3C[C@H]4C(C)(C)C(=O)C[C@]4(C1=O)C(=O)[C@@](C(=O)c1ccccc1)(C2=O)C3(C)C. The molecule has 0 radical (unpaired) electrons. The van der Waals surface area contributed by atoms with Crippen molar-refractivity contribution in [2.45, 2.75) is 87.0 Å². The molecule has 5 heteroatoms. The lowest BCUT2D eigenvalue weighted by molar-refractivity contribution is -0.181. The Kier molecular flexibility index (Phi) is 6.45. The topological polar surface area (TPSA) is 85.3 Å². The van der Waals surface area contributed by atoms with E-state index in [-0.39, 0.29) is 24.5 Å². The molecule has 212 valence electrons. The Labute approximate surface area is 237 Å². The van der Waals surface area contributed by atoms with Crippen LogP contribution in [0.3, 0.4) is 0 Å². The molecule has 0 unspecified atom stereocenters. The summed E-state index contributed by atoms with van der Waals surface area (Å²) in [6.45, 7) is 13.5. The predicted octanol–water partition coefficient (Wildman–Crippen LogP) is 6.70. The van der Waals surface area contributed by atoms with Crippen molar-refractivity contribution < 1.29 is 24.0 Å². The summed E-state index contributed by atoms with van der Waals surface area (Å²) in [7, 11) is 0. The third kappa shape index (κ3) is 3.36. The van der Waals surface area contributed by atoms with Crippen molar-refractivity contribution in [1.82, 2.24) is 0 Å². The smallest absolute Gasteiger partial charge is 0.184 e. The van der Waals surface area contributed by atoms with Crippen LogP contribution < -0.4 is 0 Å². The van der Waals surface area contributed by atoms with Gasteiger partial charge in [-0.15, -0.1) is 0 Å². The highest BCUT2D eigenvalue weighted by atomic mass is 16.2. The zero-order valence-corrected chi connectivity index (χ0v) is 25.0. The quantitative estimate of drug-likeness (QED) is 0.217. The number of benzene rings is 1. The molecule has 0 amide bonds. The van der Waals surface area contributed by atoms with Crippen LogP contribution in [-0.4, -0.2) is 28.9 Å². The van der Waals surface area contributed by atoms with Crippen LogP contribution in [0.4, 0.5) is 0 Å². The first-order valence-corrected chi connectivity index (χ1v) is 14.7. The number of carbonyl (C=O) groups excluding carboxylic acids is 5. The number of allylic oxidation sites excluding steroid dienone is 4. The van der Waals surface area contributed by atoms with Crippen molar-refractivity contribution in [2.75, 3.05) is 0 Å². The maximum atomic E-state index is 15.1. The lowest BCUT2D eigenvalue weighted by Gasteiger charge is -2.60. The van der Waals surface area contributed by atoms with E-state index in [4.69, 9.17) is 0 Å². The fraction of sp³-hybridized carbons (Fsp3) is 0.571. The van der Waals surface area contributed by atoms with Gasteiger partial charge in [-0.3, -0.25) is 24.0 Å². The van der Waals surface area contributed by atoms with Crippen molar-refractivity contribution in [3.8, 4) is 0 Å². The zero-order valence-electron chi connectivity index (χ0n) is 25.0. The highest BCUT2D eigenvalue weighted by Crippen LogP contribution is 2.75. The van der Waals surface area contributed by atoms with Crippen LogP contribution in [0.5, 0.6) is 0 Å². The zero-order chi connectivity index (χ0) is 29.5. The molecule has 0 heterocycles. The first-order chi connectivity index (χ1) is 18.6. The lowest BCUT2D eigenvalue weighted by atomic mass is 9.37. The summed E-state index contributed by atoms with van der Waals surface area (Å²) in [6.07, 6.45) is 6.54. The van der Waals surface area contributed by atoms with E-state index in [0.29, 0.717) is 18.4 Å². The molecule has 5 aliphatic rings. The number of rotatable bonds is 7. The monoisotopic (exact) mass is 542 g/mol. The highest BCUT2D eigenvalue weighted by Gasteiger charge is 2.86. The van der Waals surface area contributed by atoms with Crippen molar-refractivity contribution in [3.63, 3.8) is 0 Å². The largest absolute Gasteiger partial charge is 0.299 e. The lowest BCUT2D eigenvalue weighted by Crippen LogP contribution is -2.75. The molecule has 5 aliphatic carbocycles. The maximum Gasteiger partial charge on any atom is 0.184 e. The van der Waals surface area contributed by atoms with E-state index in [2.05, 4.69) is 19.9 Å². The van der Waals surface area contributed by atoms with Gasteiger partial charge in [0.2, 0.25) is 0 Å². The van der Waals surface area contributed by atoms with Gasteiger partial charge in [0.15, 0.2) is 28.5 Å². The van der Waals surface area contributed by atoms with Gasteiger partial charge in [0.1, 0.15) is 11.2 Å². The van der Waals surface area contributed by atoms with Crippen LogP contribution in [0.2, 0.25) is 0 Å². The fourth-order valence-corrected chi connectivity index (χ4v) is 8.84. The van der Waals surface area contributed by atoms with Crippen molar-refractivity contribution >= 4 is 28.9 Å². The Hall–Kier alpha value is -2.95. The van der Waals surface area contributed by atoms with E-state index < -0.39 is 56.1 Å². The van der Waals surface area contributed by atoms with Crippen LogP contribution in [0.15, 0.2) is 53.6 Å². The van der Waals surface area contributed by atoms with Crippen LogP contribution in [0, 0.1) is 38.9 Å². The molecular weight excluding hydrogens is 500 g/mol. The van der Waals surface area contributed by atoms with E-state index in [1.165, 1.54) is 5.57 Å². The molecule has 1 aromatic rings. The Balaban J connectivity index is 1.75. The van der Waals surface area contributed by atoms with Crippen molar-refractivity contribution in [2.24, 2.45) is 38.9 Å². The summed E-state index contributed by atoms with van der Waals surface area (Å²) in [6, 6.07) is 8.54. The number of hydrogen-bond acceptors (Lipinski definition) is 5. The summed E-state index contributed by atoms with van der Waals surface area (Å²) in [5.41, 5.74) is -4.45. The van der Waals surface area contributed by atoms with E-state index in [9.17, 15) is 19.2 Å². The summed E-state index contributed by atoms with van der Waals surface area (Å²) < 4.78 is 0. The van der Waals surface area contributed by atoms with Gasteiger partial charge >= 0.3 is 0 Å². The van der Waals surface area contributed by atoms with Crippen LogP contribution in [0.25, 0.3) is 0 Å². The Morgan fingerprint density at radius 2 is 1.55 bits per heavy atom. The molecule has 5 fully saturated rings. The highest BCUT2D eigenvalue weighted by molar-refractivity contribution is 6.43. The third-order valence-electron chi connectivity index (χ3n) is 11.4. The first kappa shape index (κ1) is 28.6. The summed E-state index contributed by atoms with van der Waals surface area (Å²) in [4.78, 5) is 73.1.